The minimum absolute atomic E-state index is 0.328. The Morgan fingerprint density at radius 2 is 2.14 bits per heavy atom. The first-order valence-electron chi connectivity index (χ1n) is 6.39. The predicted octanol–water partition coefficient (Wildman–Crippen LogP) is 1.30. The Bertz CT molecular complexity index is 779. The standard InChI is InChI=1S/C13H13N7O2/c1-9-16-13(19-22-9)12(18-20-7-14-15-8-20)17-10-4-3-5-11(6-10)21-2/h3-8H,1-2H3,(H,17,18). The minimum atomic E-state index is 0.328. The molecule has 0 bridgehead atoms. The molecule has 0 saturated carbocycles. The maximum atomic E-state index is 5.19. The van der Waals surface area contributed by atoms with Crippen LogP contribution in [0.2, 0.25) is 0 Å². The van der Waals surface area contributed by atoms with Gasteiger partial charge in [-0.1, -0.05) is 11.2 Å². The zero-order valence-electron chi connectivity index (χ0n) is 12.0. The smallest absolute Gasteiger partial charge is 0.239 e. The van der Waals surface area contributed by atoms with Gasteiger partial charge < -0.3 is 9.26 Å². The monoisotopic (exact) mass is 299 g/mol. The lowest BCUT2D eigenvalue weighted by Crippen LogP contribution is -2.23. The molecule has 0 aliphatic rings. The van der Waals surface area contributed by atoms with Crippen molar-refractivity contribution in [3.05, 3.63) is 48.6 Å². The van der Waals surface area contributed by atoms with Crippen molar-refractivity contribution >= 4 is 11.5 Å². The lowest BCUT2D eigenvalue weighted by atomic mass is 10.3. The predicted molar refractivity (Wildman–Crippen MR) is 77.6 cm³/mol. The van der Waals surface area contributed by atoms with Gasteiger partial charge in [0.05, 0.1) is 12.8 Å². The normalized spacial score (nSPS) is 11.5. The molecule has 0 unspecified atom stereocenters. The number of amidine groups is 1. The van der Waals surface area contributed by atoms with Crippen LogP contribution in [0.5, 0.6) is 5.75 Å². The molecule has 0 spiro atoms. The fourth-order valence-electron chi connectivity index (χ4n) is 1.71. The Kier molecular flexibility index (Phi) is 3.77. The van der Waals surface area contributed by atoms with E-state index in [2.05, 4.69) is 30.8 Å². The van der Waals surface area contributed by atoms with Gasteiger partial charge in [0.1, 0.15) is 18.4 Å². The lowest BCUT2D eigenvalue weighted by molar-refractivity contribution is 0.392. The number of ether oxygens (including phenoxy) is 1. The van der Waals surface area contributed by atoms with Crippen LogP contribution < -0.4 is 10.2 Å². The van der Waals surface area contributed by atoms with E-state index in [9.17, 15) is 0 Å². The molecule has 22 heavy (non-hydrogen) atoms. The van der Waals surface area contributed by atoms with Gasteiger partial charge in [-0.2, -0.15) is 4.98 Å². The second-order valence-electron chi connectivity index (χ2n) is 4.28. The van der Waals surface area contributed by atoms with E-state index >= 15 is 0 Å². The molecule has 2 aromatic heterocycles. The summed E-state index contributed by atoms with van der Waals surface area (Å²) in [5.74, 6) is 1.87. The molecule has 0 fully saturated rings. The van der Waals surface area contributed by atoms with Gasteiger partial charge in [-0.3, -0.25) is 5.43 Å². The second kappa shape index (κ2) is 6.04. The van der Waals surface area contributed by atoms with E-state index in [0.29, 0.717) is 29.0 Å². The van der Waals surface area contributed by atoms with Gasteiger partial charge in [-0.25, -0.2) is 9.67 Å². The van der Waals surface area contributed by atoms with Crippen molar-refractivity contribution in [3.63, 3.8) is 0 Å². The third-order valence-corrected chi connectivity index (χ3v) is 2.69. The Morgan fingerprint density at radius 1 is 1.32 bits per heavy atom. The Balaban J connectivity index is 1.98. The quantitative estimate of drug-likeness (QED) is 0.572. The number of aliphatic imine (C=N–C) groups is 1. The van der Waals surface area contributed by atoms with E-state index in [1.165, 1.54) is 17.3 Å². The highest BCUT2D eigenvalue weighted by atomic mass is 16.5. The fourth-order valence-corrected chi connectivity index (χ4v) is 1.71. The largest absolute Gasteiger partial charge is 0.497 e. The summed E-state index contributed by atoms with van der Waals surface area (Å²) in [4.78, 5) is 8.66. The molecule has 0 amide bonds. The Hall–Kier alpha value is -3.23. The lowest BCUT2D eigenvalue weighted by Gasteiger charge is -2.07. The summed E-state index contributed by atoms with van der Waals surface area (Å²) < 4.78 is 11.7. The SMILES string of the molecule is COc1cccc(N=C(Nn2cnnc2)c2noc(C)n2)c1. The van der Waals surface area contributed by atoms with Crippen LogP contribution in [0.15, 0.2) is 46.4 Å². The van der Waals surface area contributed by atoms with E-state index in [0.717, 1.165) is 0 Å². The molecule has 0 atom stereocenters. The number of nitrogens with zero attached hydrogens (tertiary/aromatic N) is 6. The summed E-state index contributed by atoms with van der Waals surface area (Å²) in [5.41, 5.74) is 3.67. The number of methoxy groups -OCH3 is 1. The third-order valence-electron chi connectivity index (χ3n) is 2.69. The highest BCUT2D eigenvalue weighted by molar-refractivity contribution is 6.02. The summed E-state index contributed by atoms with van der Waals surface area (Å²) in [6.07, 6.45) is 2.99. The molecule has 0 radical (unpaired) electrons. The summed E-state index contributed by atoms with van der Waals surface area (Å²) in [5, 5.41) is 11.3. The highest BCUT2D eigenvalue weighted by Crippen LogP contribution is 2.20. The molecular weight excluding hydrogens is 286 g/mol. The number of rotatable bonds is 4. The van der Waals surface area contributed by atoms with Crippen molar-refractivity contribution in [1.29, 1.82) is 0 Å². The summed E-state index contributed by atoms with van der Waals surface area (Å²) in [6, 6.07) is 7.31. The molecule has 2 heterocycles. The van der Waals surface area contributed by atoms with Crippen LogP contribution in [-0.2, 0) is 0 Å². The van der Waals surface area contributed by atoms with Crippen molar-refractivity contribution in [2.45, 2.75) is 6.92 Å². The molecule has 3 rings (SSSR count). The van der Waals surface area contributed by atoms with Crippen molar-refractivity contribution in [1.82, 2.24) is 25.0 Å². The average molecular weight is 299 g/mol. The first kappa shape index (κ1) is 13.7. The van der Waals surface area contributed by atoms with Gasteiger partial charge in [-0.05, 0) is 12.1 Å². The van der Waals surface area contributed by atoms with E-state index in [1.54, 1.807) is 20.1 Å². The summed E-state index contributed by atoms with van der Waals surface area (Å²) in [7, 11) is 1.60. The minimum Gasteiger partial charge on any atom is -0.497 e. The Labute approximate surface area is 125 Å². The van der Waals surface area contributed by atoms with E-state index in [1.807, 2.05) is 18.2 Å². The number of hydrogen-bond donors (Lipinski definition) is 1. The molecule has 1 aromatic carbocycles. The van der Waals surface area contributed by atoms with Crippen molar-refractivity contribution < 1.29 is 9.26 Å². The van der Waals surface area contributed by atoms with Gasteiger partial charge in [-0.15, -0.1) is 10.2 Å². The van der Waals surface area contributed by atoms with E-state index < -0.39 is 0 Å². The van der Waals surface area contributed by atoms with E-state index in [-0.39, 0.29) is 0 Å². The van der Waals surface area contributed by atoms with Crippen LogP contribution in [0, 0.1) is 6.92 Å². The van der Waals surface area contributed by atoms with Gasteiger partial charge in [0.25, 0.3) is 0 Å². The van der Waals surface area contributed by atoms with Gasteiger partial charge in [0.2, 0.25) is 11.7 Å². The van der Waals surface area contributed by atoms with E-state index in [4.69, 9.17) is 9.26 Å². The second-order valence-corrected chi connectivity index (χ2v) is 4.28. The van der Waals surface area contributed by atoms with Gasteiger partial charge in [0.15, 0.2) is 5.84 Å². The average Bonchev–Trinajstić information content (AvgIpc) is 3.18. The number of aryl methyl sites for hydroxylation is 1. The molecule has 3 aromatic rings. The molecule has 9 nitrogen and oxygen atoms in total. The number of aromatic nitrogens is 5. The van der Waals surface area contributed by atoms with Crippen LogP contribution in [0.1, 0.15) is 11.7 Å². The molecule has 0 aliphatic heterocycles. The highest BCUT2D eigenvalue weighted by Gasteiger charge is 2.12. The molecule has 0 saturated heterocycles. The number of benzene rings is 1. The van der Waals surface area contributed by atoms with Crippen LogP contribution in [-0.4, -0.2) is 38.0 Å². The van der Waals surface area contributed by atoms with Crippen LogP contribution in [0.4, 0.5) is 5.69 Å². The van der Waals surface area contributed by atoms with Crippen molar-refractivity contribution in [2.24, 2.45) is 4.99 Å². The van der Waals surface area contributed by atoms with Crippen molar-refractivity contribution in [3.8, 4) is 5.75 Å². The topological polar surface area (TPSA) is 103 Å². The maximum Gasteiger partial charge on any atom is 0.239 e. The molecule has 112 valence electrons. The first-order chi connectivity index (χ1) is 10.7. The zero-order valence-corrected chi connectivity index (χ0v) is 12.0. The number of hydrogen-bond acceptors (Lipinski definition) is 7. The van der Waals surface area contributed by atoms with Crippen LogP contribution in [0.25, 0.3) is 0 Å². The molecular formula is C13H13N7O2. The molecule has 1 N–H and O–H groups in total. The molecule has 9 heteroatoms. The van der Waals surface area contributed by atoms with Gasteiger partial charge in [0, 0.05) is 13.0 Å². The zero-order chi connectivity index (χ0) is 15.4. The number of nitrogens with one attached hydrogen (secondary N) is 1. The summed E-state index contributed by atoms with van der Waals surface area (Å²) >= 11 is 0. The van der Waals surface area contributed by atoms with Crippen LogP contribution in [0.3, 0.4) is 0 Å². The van der Waals surface area contributed by atoms with Gasteiger partial charge >= 0.3 is 0 Å². The summed E-state index contributed by atoms with van der Waals surface area (Å²) in [6.45, 7) is 1.71. The van der Waals surface area contributed by atoms with Crippen LogP contribution >= 0.6 is 0 Å². The third kappa shape index (κ3) is 3.08. The van der Waals surface area contributed by atoms with Crippen molar-refractivity contribution in [2.75, 3.05) is 12.5 Å². The molecule has 0 aliphatic carbocycles. The maximum absolute atomic E-state index is 5.19. The Morgan fingerprint density at radius 3 is 2.82 bits per heavy atom. The first-order valence-corrected chi connectivity index (χ1v) is 6.39. The fraction of sp³-hybridized carbons (Fsp3) is 0.154.